The van der Waals surface area contributed by atoms with Gasteiger partial charge in [-0.2, -0.15) is 0 Å². The molecule has 2 saturated heterocycles. The van der Waals surface area contributed by atoms with E-state index in [1.807, 2.05) is 0 Å². The number of imide groups is 1. The monoisotopic (exact) mass is 428 g/mol. The molecule has 9 heteroatoms. The van der Waals surface area contributed by atoms with Gasteiger partial charge in [-0.05, 0) is 18.6 Å². The summed E-state index contributed by atoms with van der Waals surface area (Å²) in [6.45, 7) is 2.12. The van der Waals surface area contributed by atoms with Gasteiger partial charge in [0.2, 0.25) is 5.91 Å². The minimum Gasteiger partial charge on any atom is -0.311 e. The number of halogens is 2. The number of nitrogens with one attached hydrogen (secondary N) is 2. The number of rotatable bonds is 6. The maximum Gasteiger partial charge on any atom is 0.327 e. The molecule has 2 N–H and O–H groups in total. The molecular formula is C19H26ClFN4O2S. The van der Waals surface area contributed by atoms with Crippen molar-refractivity contribution in [3.63, 3.8) is 0 Å². The first kappa shape index (κ1) is 21.4. The van der Waals surface area contributed by atoms with Crippen LogP contribution in [0.2, 0.25) is 5.02 Å². The molecule has 2 fully saturated rings. The highest BCUT2D eigenvalue weighted by molar-refractivity contribution is 7.99. The largest absolute Gasteiger partial charge is 0.327 e. The number of urea groups is 1. The lowest BCUT2D eigenvalue weighted by molar-refractivity contribution is -0.140. The van der Waals surface area contributed by atoms with Gasteiger partial charge in [0.1, 0.15) is 5.82 Å². The van der Waals surface area contributed by atoms with E-state index in [1.165, 1.54) is 24.9 Å². The zero-order valence-corrected chi connectivity index (χ0v) is 17.8. The number of amides is 3. The standard InChI is InChI=1S/C19H26ClFN4O2S/c1-4-5-9-14-22-16-15(18(26)25(3)19(27)24(16)2)17(23-14)28-10-11-12(20)7-6-8-13(11)21/h6-8,14-17,22-23H,4-5,9-10H2,1-3H3. The molecule has 2 heterocycles. The van der Waals surface area contributed by atoms with E-state index in [9.17, 15) is 14.0 Å². The maximum absolute atomic E-state index is 14.2. The maximum atomic E-state index is 14.2. The molecule has 0 aromatic heterocycles. The SMILES string of the molecule is CCCCC1NC(SCc2c(F)cccc2Cl)C2C(=O)N(C)C(=O)N(C)C2N1. The molecule has 1 aromatic rings. The van der Waals surface area contributed by atoms with Crippen molar-refractivity contribution < 1.29 is 14.0 Å². The van der Waals surface area contributed by atoms with Crippen LogP contribution >= 0.6 is 23.4 Å². The number of thioether (sulfide) groups is 1. The van der Waals surface area contributed by atoms with Crippen LogP contribution in [-0.4, -0.2) is 53.5 Å². The molecule has 2 aliphatic heterocycles. The number of hydrogen-bond acceptors (Lipinski definition) is 5. The molecule has 4 unspecified atom stereocenters. The molecule has 0 radical (unpaired) electrons. The fraction of sp³-hybridized carbons (Fsp3) is 0.579. The fourth-order valence-corrected chi connectivity index (χ4v) is 5.37. The first-order chi connectivity index (χ1) is 13.3. The van der Waals surface area contributed by atoms with Gasteiger partial charge in [-0.25, -0.2) is 9.18 Å². The molecule has 154 valence electrons. The Bertz CT molecular complexity index is 732. The summed E-state index contributed by atoms with van der Waals surface area (Å²) in [7, 11) is 3.20. The smallest absolute Gasteiger partial charge is 0.311 e. The summed E-state index contributed by atoms with van der Waals surface area (Å²) in [6.07, 6.45) is 2.52. The molecule has 0 bridgehead atoms. The van der Waals surface area contributed by atoms with Crippen LogP contribution in [0.15, 0.2) is 18.2 Å². The molecule has 2 aliphatic rings. The zero-order chi connectivity index (χ0) is 20.4. The van der Waals surface area contributed by atoms with Gasteiger partial charge in [0.15, 0.2) is 0 Å². The van der Waals surface area contributed by atoms with Crippen LogP contribution in [0, 0.1) is 11.7 Å². The van der Waals surface area contributed by atoms with Crippen molar-refractivity contribution in [2.75, 3.05) is 14.1 Å². The minimum atomic E-state index is -0.471. The second-order valence-corrected chi connectivity index (χ2v) is 8.76. The van der Waals surface area contributed by atoms with Crippen molar-refractivity contribution in [3.05, 3.63) is 34.6 Å². The van der Waals surface area contributed by atoms with Gasteiger partial charge in [-0.1, -0.05) is 37.4 Å². The number of hydrogen-bond donors (Lipinski definition) is 2. The van der Waals surface area contributed by atoms with Gasteiger partial charge in [-0.3, -0.25) is 20.3 Å². The van der Waals surface area contributed by atoms with E-state index in [4.69, 9.17) is 11.6 Å². The van der Waals surface area contributed by atoms with Crippen molar-refractivity contribution in [2.24, 2.45) is 5.92 Å². The van der Waals surface area contributed by atoms with Gasteiger partial charge in [0.25, 0.3) is 0 Å². The van der Waals surface area contributed by atoms with Gasteiger partial charge in [0.05, 0.1) is 23.6 Å². The van der Waals surface area contributed by atoms with Gasteiger partial charge in [-0.15, -0.1) is 11.8 Å². The fourth-order valence-electron chi connectivity index (χ4n) is 3.69. The Hall–Kier alpha value is -1.35. The first-order valence-electron chi connectivity index (χ1n) is 9.46. The first-order valence-corrected chi connectivity index (χ1v) is 10.9. The summed E-state index contributed by atoms with van der Waals surface area (Å²) in [4.78, 5) is 28.0. The summed E-state index contributed by atoms with van der Waals surface area (Å²) >= 11 is 7.61. The molecule has 0 aliphatic carbocycles. The molecule has 4 atom stereocenters. The Morgan fingerprint density at radius 1 is 1.25 bits per heavy atom. The Morgan fingerprint density at radius 3 is 2.68 bits per heavy atom. The second kappa shape index (κ2) is 8.98. The van der Waals surface area contributed by atoms with E-state index < -0.39 is 12.1 Å². The van der Waals surface area contributed by atoms with Crippen LogP contribution in [0.4, 0.5) is 9.18 Å². The highest BCUT2D eigenvalue weighted by Crippen LogP contribution is 2.35. The number of carbonyl (C=O) groups is 2. The van der Waals surface area contributed by atoms with Crippen molar-refractivity contribution in [1.82, 2.24) is 20.4 Å². The summed E-state index contributed by atoms with van der Waals surface area (Å²) in [6, 6.07) is 4.30. The van der Waals surface area contributed by atoms with E-state index in [0.717, 1.165) is 24.2 Å². The van der Waals surface area contributed by atoms with Crippen LogP contribution in [0.1, 0.15) is 31.7 Å². The summed E-state index contributed by atoms with van der Waals surface area (Å²) in [5.41, 5.74) is 0.428. The third-order valence-corrected chi connectivity index (χ3v) is 6.94. The van der Waals surface area contributed by atoms with Crippen LogP contribution < -0.4 is 10.6 Å². The number of benzene rings is 1. The summed E-state index contributed by atoms with van der Waals surface area (Å²) in [5.74, 6) is -0.727. The Labute approximate surface area is 174 Å². The molecule has 0 spiro atoms. The number of fused-ring (bicyclic) bond motifs is 1. The van der Waals surface area contributed by atoms with E-state index >= 15 is 0 Å². The van der Waals surface area contributed by atoms with Crippen molar-refractivity contribution in [1.29, 1.82) is 0 Å². The normalized spacial score (nSPS) is 27.9. The average Bonchev–Trinajstić information content (AvgIpc) is 2.68. The quantitative estimate of drug-likeness (QED) is 0.728. The van der Waals surface area contributed by atoms with E-state index in [2.05, 4.69) is 17.6 Å². The Balaban J connectivity index is 1.83. The van der Waals surface area contributed by atoms with Gasteiger partial charge < -0.3 is 4.90 Å². The molecule has 3 rings (SSSR count). The van der Waals surface area contributed by atoms with Crippen molar-refractivity contribution in [2.45, 2.75) is 49.6 Å². The van der Waals surface area contributed by atoms with Crippen LogP contribution in [-0.2, 0) is 10.5 Å². The lowest BCUT2D eigenvalue weighted by Crippen LogP contribution is -2.74. The number of unbranched alkanes of at least 4 members (excludes halogenated alkanes) is 1. The topological polar surface area (TPSA) is 64.7 Å². The third-order valence-electron chi connectivity index (χ3n) is 5.34. The summed E-state index contributed by atoms with van der Waals surface area (Å²) in [5, 5.41) is 6.99. The Morgan fingerprint density at radius 2 is 2.00 bits per heavy atom. The average molecular weight is 429 g/mol. The highest BCUT2D eigenvalue weighted by atomic mass is 35.5. The van der Waals surface area contributed by atoms with E-state index in [-0.39, 0.29) is 29.3 Å². The second-order valence-electron chi connectivity index (χ2n) is 7.22. The molecule has 1 aromatic carbocycles. The molecule has 0 saturated carbocycles. The van der Waals surface area contributed by atoms with E-state index in [1.54, 1.807) is 24.1 Å². The lowest BCUT2D eigenvalue weighted by atomic mass is 9.96. The van der Waals surface area contributed by atoms with Crippen LogP contribution in [0.3, 0.4) is 0 Å². The molecule has 3 amide bonds. The van der Waals surface area contributed by atoms with Crippen LogP contribution in [0.25, 0.3) is 0 Å². The van der Waals surface area contributed by atoms with Gasteiger partial charge >= 0.3 is 6.03 Å². The van der Waals surface area contributed by atoms with Crippen molar-refractivity contribution in [3.8, 4) is 0 Å². The molecular weight excluding hydrogens is 403 g/mol. The third kappa shape index (κ3) is 4.15. The lowest BCUT2D eigenvalue weighted by Gasteiger charge is -2.50. The minimum absolute atomic E-state index is 0.0266. The van der Waals surface area contributed by atoms with Crippen LogP contribution in [0.5, 0.6) is 0 Å². The predicted molar refractivity (Wildman–Crippen MR) is 109 cm³/mol. The Kier molecular flexibility index (Phi) is 6.85. The van der Waals surface area contributed by atoms with Gasteiger partial charge in [0, 0.05) is 30.4 Å². The molecule has 28 heavy (non-hydrogen) atoms. The molecule has 6 nitrogen and oxygen atoms in total. The summed E-state index contributed by atoms with van der Waals surface area (Å²) < 4.78 is 14.2. The zero-order valence-electron chi connectivity index (χ0n) is 16.2. The van der Waals surface area contributed by atoms with E-state index in [0.29, 0.717) is 16.3 Å². The highest BCUT2D eigenvalue weighted by Gasteiger charge is 2.50. The number of nitrogens with zero attached hydrogens (tertiary/aromatic N) is 2. The predicted octanol–water partition coefficient (Wildman–Crippen LogP) is 3.21. The van der Waals surface area contributed by atoms with Crippen molar-refractivity contribution >= 4 is 35.3 Å². The number of carbonyl (C=O) groups excluding carboxylic acids is 2.